The summed E-state index contributed by atoms with van der Waals surface area (Å²) in [7, 11) is 0. The summed E-state index contributed by atoms with van der Waals surface area (Å²) in [6, 6.07) is 15.4. The van der Waals surface area contributed by atoms with E-state index in [2.05, 4.69) is 15.3 Å². The summed E-state index contributed by atoms with van der Waals surface area (Å²) in [5.74, 6) is -3.85. The normalized spacial score (nSPS) is 11.8. The van der Waals surface area contributed by atoms with Gasteiger partial charge in [0.1, 0.15) is 18.3 Å². The van der Waals surface area contributed by atoms with Gasteiger partial charge in [-0.15, -0.1) is 0 Å². The fourth-order valence-corrected chi connectivity index (χ4v) is 3.08. The Kier molecular flexibility index (Phi) is 7.18. The van der Waals surface area contributed by atoms with Gasteiger partial charge in [-0.05, 0) is 42.0 Å². The quantitative estimate of drug-likeness (QED) is 0.532. The molecule has 0 saturated carbocycles. The molecule has 0 unspecified atom stereocenters. The van der Waals surface area contributed by atoms with Crippen molar-refractivity contribution in [2.45, 2.75) is 18.9 Å². The number of halogens is 3. The maximum Gasteiger partial charge on any atom is 0.308 e. The van der Waals surface area contributed by atoms with Crippen molar-refractivity contribution in [3.05, 3.63) is 93.8 Å². The third-order valence-electron chi connectivity index (χ3n) is 4.49. The molecule has 10 heteroatoms. The minimum Gasteiger partial charge on any atom is -0.427 e. The first-order valence-electron chi connectivity index (χ1n) is 9.45. The van der Waals surface area contributed by atoms with Gasteiger partial charge < -0.3 is 10.5 Å². The number of nitrogens with zero attached hydrogens (tertiary/aromatic N) is 4. The number of amides is 1. The molecule has 1 aromatic carbocycles. The van der Waals surface area contributed by atoms with Gasteiger partial charge in [-0.2, -0.15) is 18.8 Å². The lowest BCUT2D eigenvalue weighted by molar-refractivity contribution is -0.120. The molecule has 0 bridgehead atoms. The van der Waals surface area contributed by atoms with Crippen LogP contribution in [0.2, 0.25) is 5.02 Å². The molecule has 0 aliphatic heterocycles. The van der Waals surface area contributed by atoms with E-state index in [4.69, 9.17) is 11.6 Å². The van der Waals surface area contributed by atoms with Crippen molar-refractivity contribution in [1.82, 2.24) is 15.0 Å². The lowest BCUT2D eigenvalue weighted by Crippen LogP contribution is -2.31. The number of hydrogen-bond donors (Lipinski definition) is 2. The molecule has 2 N–H and O–H groups in total. The van der Waals surface area contributed by atoms with Crippen LogP contribution in [-0.4, -0.2) is 27.4 Å². The van der Waals surface area contributed by atoms with Crippen LogP contribution in [0, 0.1) is 11.3 Å². The van der Waals surface area contributed by atoms with Gasteiger partial charge >= 0.3 is 5.92 Å². The van der Waals surface area contributed by atoms with Gasteiger partial charge in [0.05, 0.1) is 17.7 Å². The zero-order valence-corrected chi connectivity index (χ0v) is 17.4. The molecule has 0 radical (unpaired) electrons. The summed E-state index contributed by atoms with van der Waals surface area (Å²) in [6.07, 6.45) is 0.886. The number of nitriles is 1. The van der Waals surface area contributed by atoms with E-state index in [9.17, 15) is 24.0 Å². The Morgan fingerprint density at radius 2 is 2.06 bits per heavy atom. The smallest absolute Gasteiger partial charge is 0.308 e. The van der Waals surface area contributed by atoms with Gasteiger partial charge in [0.15, 0.2) is 5.49 Å². The molecular weight excluding hydrogens is 440 g/mol. The zero-order chi connectivity index (χ0) is 23.1. The molecule has 0 atom stereocenters. The van der Waals surface area contributed by atoms with E-state index in [1.54, 1.807) is 24.3 Å². The maximum atomic E-state index is 14.3. The van der Waals surface area contributed by atoms with Crippen molar-refractivity contribution in [1.29, 1.82) is 5.26 Å². The number of benzene rings is 1. The molecule has 2 aromatic heterocycles. The Morgan fingerprint density at radius 3 is 2.75 bits per heavy atom. The monoisotopic (exact) mass is 457 g/mol. The van der Waals surface area contributed by atoms with E-state index in [0.717, 1.165) is 5.56 Å². The van der Waals surface area contributed by atoms with Crippen LogP contribution >= 0.6 is 11.6 Å². The Balaban J connectivity index is 1.79. The molecule has 0 fully saturated rings. The highest BCUT2D eigenvalue weighted by atomic mass is 35.5. The van der Waals surface area contributed by atoms with E-state index >= 15 is 0 Å². The fourth-order valence-electron chi connectivity index (χ4n) is 2.87. The van der Waals surface area contributed by atoms with E-state index in [-0.39, 0.29) is 29.7 Å². The van der Waals surface area contributed by atoms with E-state index in [0.29, 0.717) is 9.75 Å². The van der Waals surface area contributed by atoms with Crippen LogP contribution in [0.5, 0.6) is 0 Å². The van der Waals surface area contributed by atoms with Gasteiger partial charge in [0, 0.05) is 17.8 Å². The number of carbonyl (C=O) groups is 1. The Morgan fingerprint density at radius 1 is 1.25 bits per heavy atom. The summed E-state index contributed by atoms with van der Waals surface area (Å²) in [4.78, 5) is 19.8. The van der Waals surface area contributed by atoms with Crippen LogP contribution in [0.3, 0.4) is 0 Å². The fraction of sp³-hybridized carbons (Fsp3) is 0.182. The zero-order valence-electron chi connectivity index (χ0n) is 16.7. The van der Waals surface area contributed by atoms with Gasteiger partial charge in [0.25, 0.3) is 0 Å². The van der Waals surface area contributed by atoms with Crippen LogP contribution in [0.15, 0.2) is 65.8 Å². The largest absolute Gasteiger partial charge is 0.427 e. The van der Waals surface area contributed by atoms with Gasteiger partial charge in [-0.3, -0.25) is 14.8 Å². The Labute approximate surface area is 187 Å². The first-order chi connectivity index (χ1) is 15.3. The van der Waals surface area contributed by atoms with Crippen molar-refractivity contribution < 1.29 is 18.8 Å². The first kappa shape index (κ1) is 22.9. The second kappa shape index (κ2) is 10.0. The van der Waals surface area contributed by atoms with Crippen molar-refractivity contribution in [3.63, 3.8) is 0 Å². The minimum absolute atomic E-state index is 0.0147. The molecule has 0 spiro atoms. The molecule has 3 rings (SSSR count). The SMILES string of the molecule is N#Cc1ccc(=NCC(F)(F)c2ccccn2)n(O)c1CC(=O)NCc1cccc(Cl)c1. The second-order valence-electron chi connectivity index (χ2n) is 6.79. The molecule has 0 saturated heterocycles. The lowest BCUT2D eigenvalue weighted by atomic mass is 10.1. The van der Waals surface area contributed by atoms with Gasteiger partial charge in [0.2, 0.25) is 5.91 Å². The molecule has 164 valence electrons. The van der Waals surface area contributed by atoms with E-state index in [1.165, 1.54) is 36.5 Å². The molecule has 0 aliphatic rings. The van der Waals surface area contributed by atoms with Crippen molar-refractivity contribution in [2.24, 2.45) is 4.99 Å². The van der Waals surface area contributed by atoms with E-state index in [1.807, 2.05) is 6.07 Å². The van der Waals surface area contributed by atoms with Crippen LogP contribution in [0.4, 0.5) is 8.78 Å². The standard InChI is InChI=1S/C22H18ClF2N5O2/c23-17-5-3-4-15(10-17)13-28-21(31)11-18-16(12-26)7-8-20(30(18)32)29-14-22(24,25)19-6-1-2-9-27-19/h1-10,32H,11,13-14H2,(H,28,31). The Bertz CT molecular complexity index is 1220. The third kappa shape index (κ3) is 5.68. The van der Waals surface area contributed by atoms with Gasteiger partial charge in [-0.25, -0.2) is 0 Å². The van der Waals surface area contributed by atoms with Crippen LogP contribution < -0.4 is 10.8 Å². The average Bonchev–Trinajstić information content (AvgIpc) is 2.79. The molecule has 2 heterocycles. The lowest BCUT2D eigenvalue weighted by Gasteiger charge is -2.14. The summed E-state index contributed by atoms with van der Waals surface area (Å²) in [5, 5.41) is 22.9. The average molecular weight is 458 g/mol. The molecule has 7 nitrogen and oxygen atoms in total. The molecule has 1 amide bonds. The summed E-state index contributed by atoms with van der Waals surface area (Å²) in [5.41, 5.74) is 0.0304. The van der Waals surface area contributed by atoms with Gasteiger partial charge in [-0.1, -0.05) is 29.8 Å². The van der Waals surface area contributed by atoms with Crippen LogP contribution in [-0.2, 0) is 23.7 Å². The highest BCUT2D eigenvalue weighted by molar-refractivity contribution is 6.30. The highest BCUT2D eigenvalue weighted by Gasteiger charge is 2.32. The second-order valence-corrected chi connectivity index (χ2v) is 7.23. The molecule has 32 heavy (non-hydrogen) atoms. The number of nitrogens with one attached hydrogen (secondary N) is 1. The highest BCUT2D eigenvalue weighted by Crippen LogP contribution is 2.25. The third-order valence-corrected chi connectivity index (χ3v) is 4.72. The summed E-state index contributed by atoms with van der Waals surface area (Å²) < 4.78 is 29.2. The molecule has 0 aliphatic carbocycles. The van der Waals surface area contributed by atoms with Crippen molar-refractivity contribution in [3.8, 4) is 6.07 Å². The summed E-state index contributed by atoms with van der Waals surface area (Å²) >= 11 is 5.92. The van der Waals surface area contributed by atoms with Crippen molar-refractivity contribution in [2.75, 3.05) is 6.54 Å². The Hall–Kier alpha value is -3.77. The predicted octanol–water partition coefficient (Wildman–Crippen LogP) is 3.20. The number of carbonyl (C=O) groups excluding carboxylic acids is 1. The van der Waals surface area contributed by atoms with Crippen molar-refractivity contribution >= 4 is 17.5 Å². The number of alkyl halides is 2. The topological polar surface area (TPSA) is 103 Å². The number of hydrogen-bond acceptors (Lipinski definition) is 5. The van der Waals surface area contributed by atoms with E-state index < -0.39 is 24.1 Å². The predicted molar refractivity (Wildman–Crippen MR) is 112 cm³/mol. The number of pyridine rings is 2. The maximum absolute atomic E-state index is 14.3. The number of rotatable bonds is 7. The molecular formula is C22H18ClF2N5O2. The number of aromatic nitrogens is 2. The molecule has 3 aromatic rings. The summed E-state index contributed by atoms with van der Waals surface area (Å²) in [6.45, 7) is -0.788. The first-order valence-corrected chi connectivity index (χ1v) is 9.83. The van der Waals surface area contributed by atoms with Crippen LogP contribution in [0.25, 0.3) is 0 Å². The van der Waals surface area contributed by atoms with Crippen LogP contribution in [0.1, 0.15) is 22.5 Å². The minimum atomic E-state index is -3.36.